The molecule has 2 amide bonds. The van der Waals surface area contributed by atoms with Crippen LogP contribution in [-0.4, -0.2) is 15.8 Å². The van der Waals surface area contributed by atoms with E-state index in [1.807, 2.05) is 0 Å². The monoisotopic (exact) mass is 246 g/mol. The van der Waals surface area contributed by atoms with E-state index in [0.717, 1.165) is 5.69 Å². The molecule has 1 atom stereocenters. The standard InChI is InChI=1S/C12H11FN4O/c1-17-10(4-5-14-17)11-8-6-7(13)2-3-9(8)15-12(18)16-11/h2-6,11H,1H3,(H2,15,16,18). The van der Waals surface area contributed by atoms with Gasteiger partial charge in [0.1, 0.15) is 5.82 Å². The molecular weight excluding hydrogens is 235 g/mol. The Balaban J connectivity index is 2.15. The number of urea groups is 1. The van der Waals surface area contributed by atoms with Crippen molar-refractivity contribution in [3.63, 3.8) is 0 Å². The minimum atomic E-state index is -0.392. The number of amides is 2. The average molecular weight is 246 g/mol. The molecule has 0 saturated carbocycles. The second-order valence-corrected chi connectivity index (χ2v) is 4.14. The summed E-state index contributed by atoms with van der Waals surface area (Å²) in [4.78, 5) is 11.6. The van der Waals surface area contributed by atoms with Crippen LogP contribution < -0.4 is 10.6 Å². The van der Waals surface area contributed by atoms with E-state index >= 15 is 0 Å². The first-order valence-electron chi connectivity index (χ1n) is 5.50. The molecule has 1 aliphatic rings. The predicted octanol–water partition coefficient (Wildman–Crippen LogP) is 1.78. The minimum absolute atomic E-state index is 0.305. The van der Waals surface area contributed by atoms with Crippen molar-refractivity contribution in [3.8, 4) is 0 Å². The van der Waals surface area contributed by atoms with E-state index in [1.54, 1.807) is 30.1 Å². The largest absolute Gasteiger partial charge is 0.325 e. The molecule has 1 aromatic carbocycles. The fourth-order valence-corrected chi connectivity index (χ4v) is 2.15. The zero-order chi connectivity index (χ0) is 12.7. The number of aromatic nitrogens is 2. The summed E-state index contributed by atoms with van der Waals surface area (Å²) in [5, 5.41) is 9.48. The summed E-state index contributed by atoms with van der Waals surface area (Å²) in [6, 6.07) is 5.40. The van der Waals surface area contributed by atoms with Gasteiger partial charge in [0.05, 0.1) is 11.7 Å². The van der Waals surface area contributed by atoms with E-state index < -0.39 is 6.04 Å². The van der Waals surface area contributed by atoms with Crippen LogP contribution >= 0.6 is 0 Å². The molecule has 3 rings (SSSR count). The Bertz CT molecular complexity index is 622. The van der Waals surface area contributed by atoms with E-state index in [1.165, 1.54) is 12.1 Å². The highest BCUT2D eigenvalue weighted by Gasteiger charge is 2.27. The molecule has 2 heterocycles. The Morgan fingerprint density at radius 3 is 2.94 bits per heavy atom. The quantitative estimate of drug-likeness (QED) is 0.805. The summed E-state index contributed by atoms with van der Waals surface area (Å²) < 4.78 is 15.0. The van der Waals surface area contributed by atoms with Crippen LogP contribution in [-0.2, 0) is 7.05 Å². The van der Waals surface area contributed by atoms with Gasteiger partial charge in [0.2, 0.25) is 0 Å². The van der Waals surface area contributed by atoms with Crippen molar-refractivity contribution in [1.29, 1.82) is 0 Å². The van der Waals surface area contributed by atoms with Crippen LogP contribution in [0, 0.1) is 5.82 Å². The Morgan fingerprint density at radius 1 is 1.39 bits per heavy atom. The normalized spacial score (nSPS) is 17.9. The molecule has 1 unspecified atom stereocenters. The first-order chi connectivity index (χ1) is 8.65. The SMILES string of the molecule is Cn1nccc1C1NC(=O)Nc2ccc(F)cc21. The first-order valence-corrected chi connectivity index (χ1v) is 5.50. The van der Waals surface area contributed by atoms with Crippen molar-refractivity contribution in [2.75, 3.05) is 5.32 Å². The smallest absolute Gasteiger partial charge is 0.320 e. The molecule has 0 saturated heterocycles. The highest BCUT2D eigenvalue weighted by Crippen LogP contribution is 2.31. The van der Waals surface area contributed by atoms with Crippen molar-refractivity contribution < 1.29 is 9.18 Å². The summed E-state index contributed by atoms with van der Waals surface area (Å²) in [6.07, 6.45) is 1.64. The summed E-state index contributed by atoms with van der Waals surface area (Å²) in [5.74, 6) is -0.334. The molecule has 1 aromatic heterocycles. The molecule has 0 radical (unpaired) electrons. The number of halogens is 1. The van der Waals surface area contributed by atoms with Crippen molar-refractivity contribution >= 4 is 11.7 Å². The van der Waals surface area contributed by atoms with Gasteiger partial charge in [-0.25, -0.2) is 9.18 Å². The molecule has 6 heteroatoms. The number of nitrogens with zero attached hydrogens (tertiary/aromatic N) is 2. The van der Waals surface area contributed by atoms with E-state index in [4.69, 9.17) is 0 Å². The number of hydrogen-bond acceptors (Lipinski definition) is 2. The molecule has 18 heavy (non-hydrogen) atoms. The molecule has 92 valence electrons. The van der Waals surface area contributed by atoms with Gasteiger partial charge < -0.3 is 10.6 Å². The predicted molar refractivity (Wildman–Crippen MR) is 63.6 cm³/mol. The van der Waals surface area contributed by atoms with Gasteiger partial charge >= 0.3 is 6.03 Å². The van der Waals surface area contributed by atoms with Crippen molar-refractivity contribution in [2.24, 2.45) is 7.05 Å². The molecule has 0 fully saturated rings. The maximum Gasteiger partial charge on any atom is 0.320 e. The Kier molecular flexibility index (Phi) is 2.29. The number of fused-ring (bicyclic) bond motifs is 1. The summed E-state index contributed by atoms with van der Waals surface area (Å²) in [5.41, 5.74) is 2.11. The highest BCUT2D eigenvalue weighted by molar-refractivity contribution is 5.93. The van der Waals surface area contributed by atoms with E-state index in [0.29, 0.717) is 11.3 Å². The lowest BCUT2D eigenvalue weighted by Crippen LogP contribution is -2.39. The third-order valence-electron chi connectivity index (χ3n) is 3.00. The fourth-order valence-electron chi connectivity index (χ4n) is 2.15. The number of benzene rings is 1. The lowest BCUT2D eigenvalue weighted by atomic mass is 9.99. The molecule has 2 aromatic rings. The number of aryl methyl sites for hydroxylation is 1. The third kappa shape index (κ3) is 1.62. The van der Waals surface area contributed by atoms with Crippen molar-refractivity contribution in [1.82, 2.24) is 15.1 Å². The lowest BCUT2D eigenvalue weighted by Gasteiger charge is -2.27. The van der Waals surface area contributed by atoms with Crippen molar-refractivity contribution in [2.45, 2.75) is 6.04 Å². The van der Waals surface area contributed by atoms with Gasteiger partial charge in [-0.2, -0.15) is 5.10 Å². The first kappa shape index (κ1) is 10.8. The van der Waals surface area contributed by atoms with Gasteiger partial charge in [-0.3, -0.25) is 4.68 Å². The van der Waals surface area contributed by atoms with E-state index in [-0.39, 0.29) is 11.8 Å². The van der Waals surface area contributed by atoms with Gasteiger partial charge in [0.15, 0.2) is 0 Å². The molecule has 0 bridgehead atoms. The van der Waals surface area contributed by atoms with Crippen LogP contribution in [0.5, 0.6) is 0 Å². The zero-order valence-corrected chi connectivity index (χ0v) is 9.64. The van der Waals surface area contributed by atoms with Crippen LogP contribution in [0.2, 0.25) is 0 Å². The Hall–Kier alpha value is -2.37. The number of nitrogens with one attached hydrogen (secondary N) is 2. The average Bonchev–Trinajstić information content (AvgIpc) is 2.75. The summed E-state index contributed by atoms with van der Waals surface area (Å²) >= 11 is 0. The van der Waals surface area contributed by atoms with Crippen LogP contribution in [0.3, 0.4) is 0 Å². The van der Waals surface area contributed by atoms with Gasteiger partial charge in [-0.1, -0.05) is 0 Å². The molecular formula is C12H11FN4O. The van der Waals surface area contributed by atoms with E-state index in [2.05, 4.69) is 15.7 Å². The van der Waals surface area contributed by atoms with Crippen LogP contribution in [0.25, 0.3) is 0 Å². The number of rotatable bonds is 1. The fraction of sp³-hybridized carbons (Fsp3) is 0.167. The van der Waals surface area contributed by atoms with Crippen LogP contribution in [0.4, 0.5) is 14.9 Å². The molecule has 0 aliphatic carbocycles. The molecule has 1 aliphatic heterocycles. The van der Waals surface area contributed by atoms with Crippen molar-refractivity contribution in [3.05, 3.63) is 47.5 Å². The maximum absolute atomic E-state index is 13.3. The van der Waals surface area contributed by atoms with Gasteiger partial charge in [0, 0.05) is 24.5 Å². The topological polar surface area (TPSA) is 59.0 Å². The van der Waals surface area contributed by atoms with Gasteiger partial charge in [-0.05, 0) is 24.3 Å². The van der Waals surface area contributed by atoms with Crippen LogP contribution in [0.1, 0.15) is 17.3 Å². The number of anilines is 1. The third-order valence-corrected chi connectivity index (χ3v) is 3.00. The molecule has 5 nitrogen and oxygen atoms in total. The number of carbonyl (C=O) groups excluding carboxylic acids is 1. The Morgan fingerprint density at radius 2 is 2.22 bits per heavy atom. The number of carbonyl (C=O) groups is 1. The van der Waals surface area contributed by atoms with Crippen LogP contribution in [0.15, 0.2) is 30.5 Å². The van der Waals surface area contributed by atoms with Gasteiger partial charge in [0.25, 0.3) is 0 Å². The molecule has 0 spiro atoms. The zero-order valence-electron chi connectivity index (χ0n) is 9.64. The maximum atomic E-state index is 13.3. The van der Waals surface area contributed by atoms with E-state index in [9.17, 15) is 9.18 Å². The highest BCUT2D eigenvalue weighted by atomic mass is 19.1. The number of hydrogen-bond donors (Lipinski definition) is 2. The lowest BCUT2D eigenvalue weighted by molar-refractivity contribution is 0.248. The van der Waals surface area contributed by atoms with Gasteiger partial charge in [-0.15, -0.1) is 0 Å². The summed E-state index contributed by atoms with van der Waals surface area (Å²) in [6.45, 7) is 0. The summed E-state index contributed by atoms with van der Waals surface area (Å²) in [7, 11) is 1.78. The molecule has 2 N–H and O–H groups in total. The Labute approximate surface area is 103 Å². The second kappa shape index (κ2) is 3.83. The second-order valence-electron chi connectivity index (χ2n) is 4.14. The minimum Gasteiger partial charge on any atom is -0.325 e.